The highest BCUT2D eigenvalue weighted by molar-refractivity contribution is 6.38. The van der Waals surface area contributed by atoms with E-state index in [0.29, 0.717) is 0 Å². The van der Waals surface area contributed by atoms with Gasteiger partial charge in [-0.15, -0.1) is 0 Å². The van der Waals surface area contributed by atoms with Gasteiger partial charge in [-0.2, -0.15) is 0 Å². The van der Waals surface area contributed by atoms with E-state index in [4.69, 9.17) is 9.97 Å². The lowest BCUT2D eigenvalue weighted by Gasteiger charge is -2.16. The van der Waals surface area contributed by atoms with Gasteiger partial charge in [-0.3, -0.25) is 4.57 Å². The number of rotatable bonds is 3. The van der Waals surface area contributed by atoms with Crippen molar-refractivity contribution in [2.24, 2.45) is 0 Å². The molecule has 0 amide bonds. The van der Waals surface area contributed by atoms with Crippen molar-refractivity contribution < 1.29 is 0 Å². The van der Waals surface area contributed by atoms with Crippen LogP contribution in [0.25, 0.3) is 131 Å². The molecule has 0 fully saturated rings. The monoisotopic (exact) mass is 786 g/mol. The minimum absolute atomic E-state index is 0.800. The molecule has 62 heavy (non-hydrogen) atoms. The topological polar surface area (TPSA) is 35.6 Å². The van der Waals surface area contributed by atoms with Crippen LogP contribution in [0.2, 0.25) is 0 Å². The Balaban J connectivity index is 1.18. The predicted octanol–water partition coefficient (Wildman–Crippen LogP) is 15.3. The van der Waals surface area contributed by atoms with E-state index in [2.05, 4.69) is 215 Å². The van der Waals surface area contributed by atoms with Gasteiger partial charge in [-0.1, -0.05) is 164 Å². The molecular formula is C58H34N4. The zero-order valence-electron chi connectivity index (χ0n) is 33.4. The molecule has 14 rings (SSSR count). The van der Waals surface area contributed by atoms with E-state index in [9.17, 15) is 0 Å². The summed E-state index contributed by atoms with van der Waals surface area (Å²) < 4.78 is 4.78. The first-order valence-corrected chi connectivity index (χ1v) is 21.3. The van der Waals surface area contributed by atoms with Gasteiger partial charge in [-0.05, 0) is 85.6 Å². The Morgan fingerprint density at radius 1 is 0.306 bits per heavy atom. The summed E-state index contributed by atoms with van der Waals surface area (Å²) in [5.41, 5.74) is 9.18. The van der Waals surface area contributed by atoms with Crippen molar-refractivity contribution in [1.29, 1.82) is 0 Å². The van der Waals surface area contributed by atoms with Gasteiger partial charge >= 0.3 is 0 Å². The normalized spacial score (nSPS) is 12.2. The molecule has 0 saturated heterocycles. The lowest BCUT2D eigenvalue weighted by atomic mass is 9.91. The zero-order chi connectivity index (χ0) is 40.5. The molecule has 286 valence electrons. The van der Waals surface area contributed by atoms with Crippen LogP contribution >= 0.6 is 0 Å². The average Bonchev–Trinajstić information content (AvgIpc) is 3.86. The van der Waals surface area contributed by atoms with Gasteiger partial charge in [0.2, 0.25) is 0 Å². The van der Waals surface area contributed by atoms with E-state index in [-0.39, 0.29) is 0 Å². The first-order chi connectivity index (χ1) is 30.8. The summed E-state index contributed by atoms with van der Waals surface area (Å²) in [4.78, 5) is 11.4. The Morgan fingerprint density at radius 3 is 1.65 bits per heavy atom. The highest BCUT2D eigenvalue weighted by atomic mass is 15.1. The number of benzene rings is 11. The van der Waals surface area contributed by atoms with E-state index in [1.54, 1.807) is 0 Å². The molecule has 0 unspecified atom stereocenters. The molecule has 14 aromatic rings. The number of hydrogen-bond donors (Lipinski definition) is 0. The maximum absolute atomic E-state index is 5.73. The second-order valence-corrected chi connectivity index (χ2v) is 16.5. The van der Waals surface area contributed by atoms with Crippen molar-refractivity contribution in [1.82, 2.24) is 19.1 Å². The molecule has 4 nitrogen and oxygen atoms in total. The number of fused-ring (bicyclic) bond motifs is 18. The molecule has 0 aliphatic heterocycles. The fourth-order valence-corrected chi connectivity index (χ4v) is 10.6. The summed E-state index contributed by atoms with van der Waals surface area (Å²) in [6, 6.07) is 74.8. The average molecular weight is 787 g/mol. The van der Waals surface area contributed by atoms with Gasteiger partial charge in [0, 0.05) is 43.6 Å². The zero-order valence-corrected chi connectivity index (χ0v) is 33.4. The lowest BCUT2D eigenvalue weighted by molar-refractivity contribution is 1.08. The van der Waals surface area contributed by atoms with Crippen molar-refractivity contribution in [3.05, 3.63) is 206 Å². The first kappa shape index (κ1) is 33.5. The number of aromatic nitrogens is 4. The van der Waals surface area contributed by atoms with Crippen LogP contribution in [0.15, 0.2) is 206 Å². The molecule has 3 heterocycles. The van der Waals surface area contributed by atoms with Gasteiger partial charge in [0.25, 0.3) is 0 Å². The Bertz CT molecular complexity index is 4180. The smallest absolute Gasteiger partial charge is 0.165 e. The Hall–Kier alpha value is -8.34. The Kier molecular flexibility index (Phi) is 6.80. The van der Waals surface area contributed by atoms with Crippen molar-refractivity contribution >= 4 is 109 Å². The summed E-state index contributed by atoms with van der Waals surface area (Å²) >= 11 is 0. The van der Waals surface area contributed by atoms with Crippen LogP contribution in [0.3, 0.4) is 0 Å². The molecule has 0 aliphatic carbocycles. The maximum Gasteiger partial charge on any atom is 0.165 e. The van der Waals surface area contributed by atoms with E-state index in [1.165, 1.54) is 70.2 Å². The van der Waals surface area contributed by atoms with E-state index in [0.717, 1.165) is 61.1 Å². The van der Waals surface area contributed by atoms with Crippen LogP contribution < -0.4 is 0 Å². The molecule has 0 saturated carbocycles. The number of para-hydroxylation sites is 2. The van der Waals surface area contributed by atoms with Crippen LogP contribution in [0.1, 0.15) is 0 Å². The fourth-order valence-electron chi connectivity index (χ4n) is 10.6. The standard InChI is InChI=1S/C58H34N4/c1-2-16-38(17-3-1)61-49-25-13-12-23-44(49)45-29-26-37(34-52(45)61)56-58(59-48-31-27-36-15-5-7-19-40(36)57(48)60-56)62-50-32-28-35-14-4-6-18-39(35)54(50)55-51(62)33-30-47-43-22-9-8-20-41(43)42-21-10-11-24-46(42)53(47)55/h1-34H. The highest BCUT2D eigenvalue weighted by Crippen LogP contribution is 2.46. The predicted molar refractivity (Wildman–Crippen MR) is 261 cm³/mol. The third-order valence-corrected chi connectivity index (χ3v) is 13.2. The van der Waals surface area contributed by atoms with Crippen LogP contribution in [0.4, 0.5) is 0 Å². The third-order valence-electron chi connectivity index (χ3n) is 13.2. The van der Waals surface area contributed by atoms with Gasteiger partial charge in [0.15, 0.2) is 5.82 Å². The van der Waals surface area contributed by atoms with Crippen LogP contribution in [0, 0.1) is 0 Å². The van der Waals surface area contributed by atoms with Gasteiger partial charge in [0.1, 0.15) is 5.69 Å². The molecule has 0 aliphatic rings. The van der Waals surface area contributed by atoms with Crippen LogP contribution in [0.5, 0.6) is 0 Å². The van der Waals surface area contributed by atoms with Crippen molar-refractivity contribution in [2.45, 2.75) is 0 Å². The molecule has 0 radical (unpaired) electrons. The maximum atomic E-state index is 5.73. The number of nitrogens with zero attached hydrogens (tertiary/aromatic N) is 4. The number of hydrogen-bond acceptors (Lipinski definition) is 2. The molecule has 11 aromatic carbocycles. The van der Waals surface area contributed by atoms with Gasteiger partial charge < -0.3 is 4.57 Å². The largest absolute Gasteiger partial charge is 0.309 e. The molecule has 0 bridgehead atoms. The molecule has 0 N–H and O–H groups in total. The summed E-state index contributed by atoms with van der Waals surface area (Å²) in [5.74, 6) is 0.800. The lowest BCUT2D eigenvalue weighted by Crippen LogP contribution is -2.04. The summed E-state index contributed by atoms with van der Waals surface area (Å²) in [6.45, 7) is 0. The quantitative estimate of drug-likeness (QED) is 0.167. The van der Waals surface area contributed by atoms with Gasteiger partial charge in [0.05, 0.1) is 33.1 Å². The van der Waals surface area contributed by atoms with E-state index < -0.39 is 0 Å². The van der Waals surface area contributed by atoms with Crippen molar-refractivity contribution in [3.8, 4) is 22.8 Å². The highest BCUT2D eigenvalue weighted by Gasteiger charge is 2.25. The minimum Gasteiger partial charge on any atom is -0.309 e. The molecule has 0 atom stereocenters. The summed E-state index contributed by atoms with van der Waals surface area (Å²) in [6.07, 6.45) is 0. The minimum atomic E-state index is 0.800. The first-order valence-electron chi connectivity index (χ1n) is 21.3. The van der Waals surface area contributed by atoms with E-state index in [1.807, 2.05) is 0 Å². The van der Waals surface area contributed by atoms with Crippen LogP contribution in [-0.2, 0) is 0 Å². The third kappa shape index (κ3) is 4.55. The summed E-state index contributed by atoms with van der Waals surface area (Å²) in [5, 5.41) is 17.0. The second kappa shape index (κ2) is 12.6. The molecular weight excluding hydrogens is 753 g/mol. The molecule has 0 spiro atoms. The van der Waals surface area contributed by atoms with Crippen molar-refractivity contribution in [3.63, 3.8) is 0 Å². The van der Waals surface area contributed by atoms with Crippen LogP contribution in [-0.4, -0.2) is 19.1 Å². The Morgan fingerprint density at radius 2 is 0.855 bits per heavy atom. The Labute approximate surface area is 355 Å². The fraction of sp³-hybridized carbons (Fsp3) is 0. The van der Waals surface area contributed by atoms with Crippen molar-refractivity contribution in [2.75, 3.05) is 0 Å². The SMILES string of the molecule is c1ccc(-n2c3ccccc3c3ccc(-c4nc5c(ccc6ccccc65)nc4-n4c5ccc6ccccc6c5c5c6c7ccccc7c7ccccc7c6ccc54)cc32)cc1. The molecule has 3 aromatic heterocycles. The van der Waals surface area contributed by atoms with Gasteiger partial charge in [-0.25, -0.2) is 9.97 Å². The van der Waals surface area contributed by atoms with E-state index >= 15 is 0 Å². The summed E-state index contributed by atoms with van der Waals surface area (Å²) in [7, 11) is 0. The molecule has 4 heteroatoms. The second-order valence-electron chi connectivity index (χ2n) is 16.5.